The number of fused-ring (bicyclic) bond motifs is 2. The van der Waals surface area contributed by atoms with Crippen LogP contribution < -0.4 is 10.5 Å². The summed E-state index contributed by atoms with van der Waals surface area (Å²) in [7, 11) is 0.153. The summed E-state index contributed by atoms with van der Waals surface area (Å²) >= 11 is 0. The van der Waals surface area contributed by atoms with Gasteiger partial charge in [0.1, 0.15) is 15.7 Å². The first kappa shape index (κ1) is 21.2. The highest BCUT2D eigenvalue weighted by molar-refractivity contribution is 7.91. The molecule has 0 radical (unpaired) electrons. The summed E-state index contributed by atoms with van der Waals surface area (Å²) in [6, 6.07) is 6.67. The van der Waals surface area contributed by atoms with E-state index in [1.807, 2.05) is 19.0 Å². The molecular formula is C22H29FN4O2S. The molecule has 0 bridgehead atoms. The standard InChI is InChI=1S/C22H29FN4O2S/c1-27(2)13-14-9-10-20(19(23)11-14)30(24,29)26-22(28)25-21-17-7-3-5-15(17)12-16-6-4-8-18(16)21/h9-12,22,25,28H,3-8,13H2,1-2H3,(H2,24,26,29)/t22?,30-/m1/s1. The predicted molar refractivity (Wildman–Crippen MR) is 117 cm³/mol. The molecule has 2 aromatic carbocycles. The zero-order valence-corrected chi connectivity index (χ0v) is 18.3. The largest absolute Gasteiger partial charge is 0.355 e. The van der Waals surface area contributed by atoms with Crippen molar-refractivity contribution in [2.45, 2.75) is 56.3 Å². The number of hydrogen-bond donors (Lipinski definition) is 3. The van der Waals surface area contributed by atoms with Crippen LogP contribution in [0.1, 0.15) is 40.7 Å². The maximum atomic E-state index is 14.6. The third-order valence-corrected chi connectivity index (χ3v) is 7.29. The van der Waals surface area contributed by atoms with Crippen molar-refractivity contribution in [3.8, 4) is 0 Å². The summed E-state index contributed by atoms with van der Waals surface area (Å²) in [5.41, 5.74) is 6.65. The van der Waals surface area contributed by atoms with Crippen LogP contribution in [0.5, 0.6) is 0 Å². The molecule has 1 unspecified atom stereocenters. The summed E-state index contributed by atoms with van der Waals surface area (Å²) in [5.74, 6) is -0.681. The number of aliphatic hydroxyl groups is 1. The van der Waals surface area contributed by atoms with E-state index in [1.165, 1.54) is 34.4 Å². The fourth-order valence-electron chi connectivity index (χ4n) is 4.60. The molecule has 8 heteroatoms. The Balaban J connectivity index is 1.62. The van der Waals surface area contributed by atoms with Crippen LogP contribution in [0.2, 0.25) is 0 Å². The van der Waals surface area contributed by atoms with E-state index >= 15 is 0 Å². The van der Waals surface area contributed by atoms with Crippen molar-refractivity contribution >= 4 is 15.6 Å². The second-order valence-corrected chi connectivity index (χ2v) is 10.2. The number of aliphatic hydroxyl groups excluding tert-OH is 1. The Morgan fingerprint density at radius 2 is 1.80 bits per heavy atom. The molecule has 0 aromatic heterocycles. The van der Waals surface area contributed by atoms with Gasteiger partial charge in [0.05, 0.1) is 4.90 Å². The van der Waals surface area contributed by atoms with Crippen LogP contribution in [0.25, 0.3) is 0 Å². The molecule has 2 atom stereocenters. The fraction of sp³-hybridized carbons (Fsp3) is 0.455. The number of anilines is 1. The smallest absolute Gasteiger partial charge is 0.233 e. The lowest BCUT2D eigenvalue weighted by molar-refractivity contribution is 0.215. The predicted octanol–water partition coefficient (Wildman–Crippen LogP) is 2.95. The lowest BCUT2D eigenvalue weighted by atomic mass is 9.99. The van der Waals surface area contributed by atoms with Gasteiger partial charge in [-0.05, 0) is 92.6 Å². The molecule has 2 aliphatic carbocycles. The molecule has 0 spiro atoms. The van der Waals surface area contributed by atoms with E-state index in [1.54, 1.807) is 6.07 Å². The second-order valence-electron chi connectivity index (χ2n) is 8.43. The number of nitrogens with two attached hydrogens (primary N) is 1. The van der Waals surface area contributed by atoms with Crippen molar-refractivity contribution in [2.24, 2.45) is 9.50 Å². The van der Waals surface area contributed by atoms with Gasteiger partial charge in [0, 0.05) is 12.2 Å². The highest BCUT2D eigenvalue weighted by Gasteiger charge is 2.25. The van der Waals surface area contributed by atoms with E-state index in [0.29, 0.717) is 6.54 Å². The van der Waals surface area contributed by atoms with Crippen molar-refractivity contribution in [3.63, 3.8) is 0 Å². The monoisotopic (exact) mass is 432 g/mol. The summed E-state index contributed by atoms with van der Waals surface area (Å²) in [6.45, 7) is 0.550. The SMILES string of the molecule is CN(C)Cc1ccc([S@](N)(=O)=NC(O)Nc2c3c(cc4c2CCC4)CCC3)c(F)c1. The number of rotatable bonds is 6. The molecule has 4 N–H and O–H groups in total. The first-order valence-corrected chi connectivity index (χ1v) is 11.9. The van der Waals surface area contributed by atoms with Crippen LogP contribution in [0.3, 0.4) is 0 Å². The molecule has 162 valence electrons. The van der Waals surface area contributed by atoms with Crippen LogP contribution in [0.15, 0.2) is 33.5 Å². The van der Waals surface area contributed by atoms with E-state index in [0.717, 1.165) is 49.8 Å². The molecule has 0 aliphatic heterocycles. The molecule has 0 saturated carbocycles. The van der Waals surface area contributed by atoms with Gasteiger partial charge in [0.25, 0.3) is 0 Å². The van der Waals surface area contributed by atoms with Crippen molar-refractivity contribution in [1.29, 1.82) is 0 Å². The van der Waals surface area contributed by atoms with Crippen molar-refractivity contribution < 1.29 is 13.7 Å². The maximum Gasteiger partial charge on any atom is 0.233 e. The highest BCUT2D eigenvalue weighted by Crippen LogP contribution is 2.38. The minimum Gasteiger partial charge on any atom is -0.355 e. The van der Waals surface area contributed by atoms with Gasteiger partial charge in [-0.3, -0.25) is 0 Å². The quantitative estimate of drug-likeness (QED) is 0.612. The second kappa shape index (κ2) is 8.26. The molecule has 0 saturated heterocycles. The summed E-state index contributed by atoms with van der Waals surface area (Å²) in [5, 5.41) is 19.5. The van der Waals surface area contributed by atoms with Gasteiger partial charge in [-0.25, -0.2) is 13.7 Å². The molecule has 30 heavy (non-hydrogen) atoms. The summed E-state index contributed by atoms with van der Waals surface area (Å²) in [4.78, 5) is 1.71. The van der Waals surface area contributed by atoms with Crippen LogP contribution in [-0.2, 0) is 42.1 Å². The van der Waals surface area contributed by atoms with Crippen LogP contribution in [0.4, 0.5) is 10.1 Å². The zero-order chi connectivity index (χ0) is 21.5. The van der Waals surface area contributed by atoms with Crippen LogP contribution in [0, 0.1) is 5.82 Å². The molecule has 0 heterocycles. The van der Waals surface area contributed by atoms with Gasteiger partial charge < -0.3 is 15.3 Å². The molecule has 2 aliphatic rings. The van der Waals surface area contributed by atoms with Crippen LogP contribution >= 0.6 is 0 Å². The Hall–Kier alpha value is -2.00. The van der Waals surface area contributed by atoms with Gasteiger partial charge in [-0.1, -0.05) is 12.1 Å². The molecule has 6 nitrogen and oxygen atoms in total. The van der Waals surface area contributed by atoms with E-state index < -0.39 is 22.1 Å². The Labute approximate surface area is 177 Å². The van der Waals surface area contributed by atoms with Gasteiger partial charge in [-0.15, -0.1) is 0 Å². The number of halogens is 1. The number of benzene rings is 2. The van der Waals surface area contributed by atoms with E-state index in [4.69, 9.17) is 5.14 Å². The lowest BCUT2D eigenvalue weighted by Gasteiger charge is -2.19. The van der Waals surface area contributed by atoms with Crippen molar-refractivity contribution in [3.05, 3.63) is 57.9 Å². The maximum absolute atomic E-state index is 14.6. The topological polar surface area (TPSA) is 91.0 Å². The van der Waals surface area contributed by atoms with Gasteiger partial charge >= 0.3 is 0 Å². The Kier molecular flexibility index (Phi) is 5.85. The first-order chi connectivity index (χ1) is 14.2. The number of nitrogens with zero attached hydrogens (tertiary/aromatic N) is 2. The van der Waals surface area contributed by atoms with Gasteiger partial charge in [-0.2, -0.15) is 4.36 Å². The van der Waals surface area contributed by atoms with Crippen molar-refractivity contribution in [2.75, 3.05) is 19.4 Å². The average molecular weight is 433 g/mol. The minimum absolute atomic E-state index is 0.200. The third kappa shape index (κ3) is 4.23. The normalized spacial score (nSPS) is 18.1. The lowest BCUT2D eigenvalue weighted by Crippen LogP contribution is -2.24. The van der Waals surface area contributed by atoms with Gasteiger partial charge in [0.15, 0.2) is 0 Å². The highest BCUT2D eigenvalue weighted by atomic mass is 32.2. The average Bonchev–Trinajstić information content (AvgIpc) is 3.29. The number of hydrogen-bond acceptors (Lipinski definition) is 5. The molecule has 4 rings (SSSR count). The Morgan fingerprint density at radius 3 is 2.37 bits per heavy atom. The number of nitrogens with one attached hydrogen (secondary N) is 1. The molecule has 0 fully saturated rings. The zero-order valence-electron chi connectivity index (χ0n) is 17.4. The van der Waals surface area contributed by atoms with Crippen molar-refractivity contribution in [1.82, 2.24) is 4.90 Å². The van der Waals surface area contributed by atoms with E-state index in [9.17, 15) is 13.7 Å². The third-order valence-electron chi connectivity index (χ3n) is 5.81. The van der Waals surface area contributed by atoms with Gasteiger partial charge in [0.2, 0.25) is 6.35 Å². The minimum atomic E-state index is -3.61. The van der Waals surface area contributed by atoms with E-state index in [2.05, 4.69) is 15.7 Å². The Morgan fingerprint density at radius 1 is 1.17 bits per heavy atom. The molecule has 0 amide bonds. The Bertz CT molecular complexity index is 1060. The molecular weight excluding hydrogens is 403 g/mol. The molecule has 2 aromatic rings. The first-order valence-electron chi connectivity index (χ1n) is 10.3. The fourth-order valence-corrected chi connectivity index (χ4v) is 5.66. The number of aryl methyl sites for hydroxylation is 2. The summed E-state index contributed by atoms with van der Waals surface area (Å²) in [6.07, 6.45) is 4.62. The van der Waals surface area contributed by atoms with Crippen LogP contribution in [-0.4, -0.2) is 34.7 Å². The summed E-state index contributed by atoms with van der Waals surface area (Å²) < 4.78 is 31.4. The van der Waals surface area contributed by atoms with E-state index in [-0.39, 0.29) is 4.90 Å².